The third-order valence-electron chi connectivity index (χ3n) is 3.63. The molecule has 2 aromatic carbocycles. The third-order valence-corrected chi connectivity index (χ3v) is 3.63. The minimum absolute atomic E-state index is 0. The van der Waals surface area contributed by atoms with Crippen molar-refractivity contribution in [3.8, 4) is 16.9 Å². The Morgan fingerprint density at radius 3 is 2.38 bits per heavy atom. The number of rotatable bonds is 2. The zero-order valence-corrected chi connectivity index (χ0v) is 14.6. The van der Waals surface area contributed by atoms with E-state index in [2.05, 4.69) is 45.0 Å². The van der Waals surface area contributed by atoms with Crippen LogP contribution in [0.15, 0.2) is 48.5 Å². The molecule has 1 heterocycles. The summed E-state index contributed by atoms with van der Waals surface area (Å²) in [5.41, 5.74) is 6.77. The Labute approximate surface area is 140 Å². The van der Waals surface area contributed by atoms with Gasteiger partial charge in [-0.1, -0.05) is 37.3 Å². The first-order valence-corrected chi connectivity index (χ1v) is 6.77. The molecule has 110 valence electrons. The van der Waals surface area contributed by atoms with Crippen molar-refractivity contribution in [1.29, 1.82) is 0 Å². The van der Waals surface area contributed by atoms with E-state index in [1.165, 1.54) is 11.1 Å². The zero-order valence-electron chi connectivity index (χ0n) is 12.3. The maximum Gasteiger partial charge on any atom is 0.0958 e. The van der Waals surface area contributed by atoms with Gasteiger partial charge >= 0.3 is 0 Å². The van der Waals surface area contributed by atoms with Crippen molar-refractivity contribution in [1.82, 2.24) is 9.78 Å². The predicted molar refractivity (Wildman–Crippen MR) is 82.0 cm³/mol. The molecule has 1 aromatic heterocycles. The average molecular weight is 456 g/mol. The molecule has 0 bridgehead atoms. The molecule has 0 fully saturated rings. The van der Waals surface area contributed by atoms with Gasteiger partial charge in [0.05, 0.1) is 5.69 Å². The van der Waals surface area contributed by atoms with Crippen LogP contribution in [0.3, 0.4) is 0 Å². The molecule has 3 aromatic rings. The largest absolute Gasteiger partial charge is 0.262 e. The van der Waals surface area contributed by atoms with Gasteiger partial charge in [-0.25, -0.2) is 0 Å². The van der Waals surface area contributed by atoms with Crippen LogP contribution < -0.4 is 0 Å². The van der Waals surface area contributed by atoms with Gasteiger partial charge in [-0.2, -0.15) is 28.9 Å². The minimum Gasteiger partial charge on any atom is -0.262 e. The molecular formula is C18H17N2Pt-. The van der Waals surface area contributed by atoms with Crippen molar-refractivity contribution in [2.24, 2.45) is 0 Å². The van der Waals surface area contributed by atoms with E-state index in [9.17, 15) is 0 Å². The smallest absolute Gasteiger partial charge is 0.0958 e. The Hall–Kier alpha value is -1.66. The fourth-order valence-corrected chi connectivity index (χ4v) is 2.37. The molecule has 0 aliphatic carbocycles. The molecule has 0 unspecified atom stereocenters. The fourth-order valence-electron chi connectivity index (χ4n) is 2.37. The quantitative estimate of drug-likeness (QED) is 0.527. The zero-order chi connectivity index (χ0) is 14.1. The maximum absolute atomic E-state index is 4.78. The summed E-state index contributed by atoms with van der Waals surface area (Å²) >= 11 is 0. The summed E-state index contributed by atoms with van der Waals surface area (Å²) in [6, 6.07) is 19.7. The van der Waals surface area contributed by atoms with E-state index in [1.807, 2.05) is 35.0 Å². The number of aryl methyl sites for hydroxylation is 1. The summed E-state index contributed by atoms with van der Waals surface area (Å²) in [5, 5.41) is 4.78. The van der Waals surface area contributed by atoms with Gasteiger partial charge in [-0.05, 0) is 25.1 Å². The van der Waals surface area contributed by atoms with E-state index in [4.69, 9.17) is 5.10 Å². The third kappa shape index (κ3) is 3.01. The van der Waals surface area contributed by atoms with Gasteiger partial charge in [-0.3, -0.25) is 4.68 Å². The standard InChI is InChI=1S/C18H17N2.Pt/c1-13-8-7-11-17(12-13)20-15(3)14(2)18(19-20)16-9-5-4-6-10-16;/h4-10,12H,1-3H3;/q-1;. The minimum atomic E-state index is 0. The maximum atomic E-state index is 4.78. The molecule has 0 N–H and O–H groups in total. The number of hydrogen-bond donors (Lipinski definition) is 0. The van der Waals surface area contributed by atoms with Crippen molar-refractivity contribution in [2.75, 3.05) is 0 Å². The van der Waals surface area contributed by atoms with Crippen molar-refractivity contribution < 1.29 is 21.1 Å². The normalized spacial score (nSPS) is 10.2. The second-order valence-corrected chi connectivity index (χ2v) is 5.09. The molecule has 0 amide bonds. The Balaban J connectivity index is 0.00000161. The van der Waals surface area contributed by atoms with Gasteiger partial charge in [0.15, 0.2) is 0 Å². The topological polar surface area (TPSA) is 17.8 Å². The summed E-state index contributed by atoms with van der Waals surface area (Å²) in [7, 11) is 0. The Morgan fingerprint density at radius 2 is 1.71 bits per heavy atom. The number of benzene rings is 2. The SMILES string of the molecule is Cc1cc[c-]c(-n2nc(-c3ccccc3)c(C)c2C)c1.[Pt]. The predicted octanol–water partition coefficient (Wildman–Crippen LogP) is 4.26. The molecule has 0 saturated carbocycles. The van der Waals surface area contributed by atoms with Crippen LogP contribution in [0.2, 0.25) is 0 Å². The van der Waals surface area contributed by atoms with Crippen LogP contribution in [0.4, 0.5) is 0 Å². The van der Waals surface area contributed by atoms with E-state index < -0.39 is 0 Å². The van der Waals surface area contributed by atoms with Gasteiger partial charge in [0.1, 0.15) is 0 Å². The van der Waals surface area contributed by atoms with Crippen LogP contribution in [0.25, 0.3) is 16.9 Å². The summed E-state index contributed by atoms with van der Waals surface area (Å²) in [6.45, 7) is 6.31. The second-order valence-electron chi connectivity index (χ2n) is 5.09. The van der Waals surface area contributed by atoms with Crippen molar-refractivity contribution in [3.05, 3.63) is 71.4 Å². The van der Waals surface area contributed by atoms with Crippen LogP contribution in [-0.2, 0) is 21.1 Å². The fraction of sp³-hybridized carbons (Fsp3) is 0.167. The Bertz CT molecular complexity index is 745. The molecule has 3 heteroatoms. The van der Waals surface area contributed by atoms with Crippen molar-refractivity contribution in [3.63, 3.8) is 0 Å². The number of aromatic nitrogens is 2. The molecule has 0 aliphatic rings. The monoisotopic (exact) mass is 456 g/mol. The van der Waals surface area contributed by atoms with Gasteiger partial charge in [0, 0.05) is 32.3 Å². The van der Waals surface area contributed by atoms with Crippen LogP contribution >= 0.6 is 0 Å². The van der Waals surface area contributed by atoms with Gasteiger partial charge in [-0.15, -0.1) is 6.07 Å². The van der Waals surface area contributed by atoms with E-state index in [-0.39, 0.29) is 21.1 Å². The number of hydrogen-bond acceptors (Lipinski definition) is 1. The molecule has 3 rings (SSSR count). The summed E-state index contributed by atoms with van der Waals surface area (Å²) in [6.07, 6.45) is 0. The van der Waals surface area contributed by atoms with Crippen LogP contribution in [0.1, 0.15) is 16.8 Å². The summed E-state index contributed by atoms with van der Waals surface area (Å²) < 4.78 is 1.98. The van der Waals surface area contributed by atoms with Crippen LogP contribution in [-0.4, -0.2) is 9.78 Å². The molecule has 0 radical (unpaired) electrons. The first kappa shape index (κ1) is 15.7. The summed E-state index contributed by atoms with van der Waals surface area (Å²) in [5.74, 6) is 0. The van der Waals surface area contributed by atoms with Crippen molar-refractivity contribution >= 4 is 0 Å². The van der Waals surface area contributed by atoms with Gasteiger partial charge in [0.2, 0.25) is 0 Å². The van der Waals surface area contributed by atoms with E-state index in [0.717, 1.165) is 22.6 Å². The van der Waals surface area contributed by atoms with E-state index >= 15 is 0 Å². The summed E-state index contributed by atoms with van der Waals surface area (Å²) in [4.78, 5) is 0. The van der Waals surface area contributed by atoms with Gasteiger partial charge < -0.3 is 0 Å². The molecule has 2 nitrogen and oxygen atoms in total. The van der Waals surface area contributed by atoms with Crippen LogP contribution in [0, 0.1) is 26.8 Å². The van der Waals surface area contributed by atoms with Crippen LogP contribution in [0.5, 0.6) is 0 Å². The molecule has 21 heavy (non-hydrogen) atoms. The van der Waals surface area contributed by atoms with Gasteiger partial charge in [0.25, 0.3) is 0 Å². The molecule has 0 aliphatic heterocycles. The molecular weight excluding hydrogens is 439 g/mol. The van der Waals surface area contributed by atoms with E-state index in [0.29, 0.717) is 0 Å². The Kier molecular flexibility index (Phi) is 4.80. The first-order valence-electron chi connectivity index (χ1n) is 6.77. The second kappa shape index (κ2) is 6.40. The molecule has 0 atom stereocenters. The molecule has 0 saturated heterocycles. The number of nitrogens with zero attached hydrogens (tertiary/aromatic N) is 2. The molecule has 0 spiro atoms. The first-order chi connectivity index (χ1) is 9.66. The van der Waals surface area contributed by atoms with Crippen molar-refractivity contribution in [2.45, 2.75) is 20.8 Å². The van der Waals surface area contributed by atoms with E-state index in [1.54, 1.807) is 0 Å². The Morgan fingerprint density at radius 1 is 1.00 bits per heavy atom. The average Bonchev–Trinajstić information content (AvgIpc) is 2.76.